The largest absolute Gasteiger partial charge is 0.389 e. The van der Waals surface area contributed by atoms with Crippen LogP contribution in [-0.2, 0) is 12.8 Å². The van der Waals surface area contributed by atoms with Crippen molar-refractivity contribution in [1.82, 2.24) is 0 Å². The average Bonchev–Trinajstić information content (AvgIpc) is 2.27. The van der Waals surface area contributed by atoms with Crippen LogP contribution in [0.15, 0.2) is 24.3 Å². The van der Waals surface area contributed by atoms with Gasteiger partial charge in [0, 0.05) is 6.42 Å². The van der Waals surface area contributed by atoms with Gasteiger partial charge in [-0.3, -0.25) is 0 Å². The zero-order valence-corrected chi connectivity index (χ0v) is 10.2. The van der Waals surface area contributed by atoms with E-state index in [4.69, 9.17) is 0 Å². The molecule has 3 heteroatoms. The maximum absolute atomic E-state index is 12.2. The summed E-state index contributed by atoms with van der Waals surface area (Å²) in [6.45, 7) is 2.12. The molecule has 0 atom stereocenters. The molecule has 96 valence electrons. The summed E-state index contributed by atoms with van der Waals surface area (Å²) in [6.07, 6.45) is -0.472. The molecule has 0 N–H and O–H groups in total. The van der Waals surface area contributed by atoms with Crippen LogP contribution in [0.2, 0.25) is 0 Å². The Labute approximate surface area is 101 Å². The number of alkyl halides is 3. The summed E-state index contributed by atoms with van der Waals surface area (Å²) in [6, 6.07) is 7.47. The van der Waals surface area contributed by atoms with Crippen molar-refractivity contribution in [2.24, 2.45) is 0 Å². The normalized spacial score (nSPS) is 11.8. The quantitative estimate of drug-likeness (QED) is 0.623. The third-order valence-corrected chi connectivity index (χ3v) is 2.85. The second kappa shape index (κ2) is 6.67. The topological polar surface area (TPSA) is 0 Å². The summed E-state index contributed by atoms with van der Waals surface area (Å²) in [4.78, 5) is 0. The molecule has 0 aromatic heterocycles. The Morgan fingerprint density at radius 2 is 1.53 bits per heavy atom. The third-order valence-electron chi connectivity index (χ3n) is 2.85. The highest BCUT2D eigenvalue weighted by atomic mass is 19.4. The van der Waals surface area contributed by atoms with Crippen LogP contribution in [0.5, 0.6) is 0 Å². The first-order valence-electron chi connectivity index (χ1n) is 6.16. The lowest BCUT2D eigenvalue weighted by Gasteiger charge is -2.10. The molecule has 0 aliphatic rings. The number of unbranched alkanes of at least 4 members (excludes halogenated alkanes) is 2. The van der Waals surface area contributed by atoms with Crippen molar-refractivity contribution < 1.29 is 13.2 Å². The molecule has 0 fully saturated rings. The van der Waals surface area contributed by atoms with Gasteiger partial charge in [0.15, 0.2) is 0 Å². The Bertz CT molecular complexity index is 328. The maximum Gasteiger partial charge on any atom is 0.389 e. The van der Waals surface area contributed by atoms with E-state index in [1.54, 1.807) is 0 Å². The van der Waals surface area contributed by atoms with E-state index in [9.17, 15) is 13.2 Å². The number of aryl methyl sites for hydroxylation is 2. The van der Waals surface area contributed by atoms with E-state index in [1.807, 2.05) is 24.3 Å². The molecule has 0 amide bonds. The fraction of sp³-hybridized carbons (Fsp3) is 0.571. The number of benzene rings is 1. The SMILES string of the molecule is CCCCCc1ccccc1CCC(F)(F)F. The van der Waals surface area contributed by atoms with Gasteiger partial charge < -0.3 is 0 Å². The molecule has 0 unspecified atom stereocenters. The van der Waals surface area contributed by atoms with Crippen LogP contribution < -0.4 is 0 Å². The smallest absolute Gasteiger partial charge is 0.171 e. The molecule has 0 aliphatic carbocycles. The van der Waals surface area contributed by atoms with Crippen LogP contribution >= 0.6 is 0 Å². The molecule has 0 saturated heterocycles. The molecule has 0 spiro atoms. The first-order valence-corrected chi connectivity index (χ1v) is 6.16. The van der Waals surface area contributed by atoms with Crippen molar-refractivity contribution in [2.45, 2.75) is 51.6 Å². The number of rotatable bonds is 6. The summed E-state index contributed by atoms with van der Waals surface area (Å²) in [7, 11) is 0. The molecule has 0 radical (unpaired) electrons. The van der Waals surface area contributed by atoms with Crippen LogP contribution in [0.4, 0.5) is 13.2 Å². The van der Waals surface area contributed by atoms with Crippen molar-refractivity contribution >= 4 is 0 Å². The van der Waals surface area contributed by atoms with Gasteiger partial charge >= 0.3 is 6.18 Å². The second-order valence-electron chi connectivity index (χ2n) is 4.34. The zero-order valence-electron chi connectivity index (χ0n) is 10.2. The molecule has 0 aliphatic heterocycles. The Morgan fingerprint density at radius 3 is 2.06 bits per heavy atom. The minimum absolute atomic E-state index is 0.103. The van der Waals surface area contributed by atoms with E-state index in [-0.39, 0.29) is 6.42 Å². The van der Waals surface area contributed by atoms with Gasteiger partial charge in [-0.15, -0.1) is 0 Å². The van der Waals surface area contributed by atoms with E-state index in [1.165, 1.54) is 0 Å². The van der Waals surface area contributed by atoms with Crippen LogP contribution in [0, 0.1) is 0 Å². The molecule has 0 nitrogen and oxygen atoms in total. The fourth-order valence-corrected chi connectivity index (χ4v) is 1.89. The summed E-state index contributed by atoms with van der Waals surface area (Å²) >= 11 is 0. The molecular formula is C14H19F3. The van der Waals surface area contributed by atoms with Crippen LogP contribution in [0.3, 0.4) is 0 Å². The van der Waals surface area contributed by atoms with E-state index >= 15 is 0 Å². The summed E-state index contributed by atoms with van der Waals surface area (Å²) < 4.78 is 36.5. The van der Waals surface area contributed by atoms with Crippen LogP contribution in [0.25, 0.3) is 0 Å². The van der Waals surface area contributed by atoms with Crippen molar-refractivity contribution in [3.8, 4) is 0 Å². The third kappa shape index (κ3) is 5.76. The lowest BCUT2D eigenvalue weighted by atomic mass is 9.98. The molecule has 0 saturated carbocycles. The van der Waals surface area contributed by atoms with E-state index in [2.05, 4.69) is 6.92 Å². The molecule has 1 aromatic carbocycles. The Balaban J connectivity index is 2.58. The lowest BCUT2D eigenvalue weighted by Crippen LogP contribution is -2.09. The first kappa shape index (κ1) is 14.1. The maximum atomic E-state index is 12.2. The number of hydrogen-bond acceptors (Lipinski definition) is 0. The predicted octanol–water partition coefficient (Wildman–Crippen LogP) is 4.91. The summed E-state index contributed by atoms with van der Waals surface area (Å²) in [5.41, 5.74) is 1.92. The van der Waals surface area contributed by atoms with Gasteiger partial charge in [0.2, 0.25) is 0 Å². The standard InChI is InChI=1S/C14H19F3/c1-2-3-4-7-12-8-5-6-9-13(12)10-11-14(15,16)17/h5-6,8-9H,2-4,7,10-11H2,1H3. The Morgan fingerprint density at radius 1 is 0.941 bits per heavy atom. The highest BCUT2D eigenvalue weighted by molar-refractivity contribution is 5.27. The summed E-state index contributed by atoms with van der Waals surface area (Å²) in [5.74, 6) is 0. The highest BCUT2D eigenvalue weighted by Gasteiger charge is 2.26. The number of hydrogen-bond donors (Lipinski definition) is 0. The van der Waals surface area contributed by atoms with E-state index in [0.29, 0.717) is 0 Å². The lowest BCUT2D eigenvalue weighted by molar-refractivity contribution is -0.134. The second-order valence-corrected chi connectivity index (χ2v) is 4.34. The van der Waals surface area contributed by atoms with E-state index in [0.717, 1.165) is 36.8 Å². The van der Waals surface area contributed by atoms with E-state index < -0.39 is 12.6 Å². The van der Waals surface area contributed by atoms with Crippen molar-refractivity contribution in [3.05, 3.63) is 35.4 Å². The molecule has 0 heterocycles. The predicted molar refractivity (Wildman–Crippen MR) is 64.0 cm³/mol. The van der Waals surface area contributed by atoms with Crippen LogP contribution in [-0.4, -0.2) is 6.18 Å². The minimum atomic E-state index is -4.06. The Kier molecular flexibility index (Phi) is 5.52. The van der Waals surface area contributed by atoms with Gasteiger partial charge in [-0.25, -0.2) is 0 Å². The highest BCUT2D eigenvalue weighted by Crippen LogP contribution is 2.24. The van der Waals surface area contributed by atoms with Gasteiger partial charge in [-0.2, -0.15) is 13.2 Å². The molecule has 1 rings (SSSR count). The summed E-state index contributed by atoms with van der Waals surface area (Å²) in [5, 5.41) is 0. The monoisotopic (exact) mass is 244 g/mol. The van der Waals surface area contributed by atoms with Crippen molar-refractivity contribution in [2.75, 3.05) is 0 Å². The molecule has 17 heavy (non-hydrogen) atoms. The van der Waals surface area contributed by atoms with Gasteiger partial charge in [0.25, 0.3) is 0 Å². The van der Waals surface area contributed by atoms with Gasteiger partial charge in [0.1, 0.15) is 0 Å². The average molecular weight is 244 g/mol. The number of halogens is 3. The molecule has 0 bridgehead atoms. The van der Waals surface area contributed by atoms with Gasteiger partial charge in [-0.1, -0.05) is 44.0 Å². The van der Waals surface area contributed by atoms with Gasteiger partial charge in [0.05, 0.1) is 0 Å². The first-order chi connectivity index (χ1) is 8.03. The van der Waals surface area contributed by atoms with Crippen LogP contribution in [0.1, 0.15) is 43.7 Å². The minimum Gasteiger partial charge on any atom is -0.171 e. The molecular weight excluding hydrogens is 225 g/mol. The van der Waals surface area contributed by atoms with Gasteiger partial charge in [-0.05, 0) is 30.4 Å². The molecule has 1 aromatic rings. The Hall–Kier alpha value is -0.990. The fourth-order valence-electron chi connectivity index (χ4n) is 1.89. The van der Waals surface area contributed by atoms with Crippen molar-refractivity contribution in [1.29, 1.82) is 0 Å². The zero-order chi connectivity index (χ0) is 12.7. The van der Waals surface area contributed by atoms with Crippen molar-refractivity contribution in [3.63, 3.8) is 0 Å².